The molecule has 0 spiro atoms. The zero-order chi connectivity index (χ0) is 11.7. The third kappa shape index (κ3) is 1.87. The van der Waals surface area contributed by atoms with E-state index in [4.69, 9.17) is 5.73 Å². The first-order valence-electron chi connectivity index (χ1n) is 6.13. The molecule has 1 aliphatic rings. The largest absolute Gasteiger partial charge is 0.326 e. The van der Waals surface area contributed by atoms with Crippen molar-refractivity contribution in [3.8, 4) is 0 Å². The highest BCUT2D eigenvalue weighted by Crippen LogP contribution is 2.31. The average molecular weight is 222 g/mol. The Morgan fingerprint density at radius 3 is 2.88 bits per heavy atom. The first-order chi connectivity index (χ1) is 7.65. The lowest BCUT2D eigenvalue weighted by Gasteiger charge is -2.39. The van der Waals surface area contributed by atoms with Gasteiger partial charge in [0.15, 0.2) is 0 Å². The summed E-state index contributed by atoms with van der Waals surface area (Å²) in [6.07, 6.45) is 4.31. The molecule has 1 aromatic rings. The number of likely N-dealkylation sites (N-methyl/N-ethyl adjacent to an activating group) is 1. The first kappa shape index (κ1) is 11.6. The predicted molar refractivity (Wildman–Crippen MR) is 65.1 cm³/mol. The van der Waals surface area contributed by atoms with Gasteiger partial charge in [0, 0.05) is 24.3 Å². The molecule has 0 aliphatic carbocycles. The molecule has 1 fully saturated rings. The molecule has 1 saturated heterocycles. The van der Waals surface area contributed by atoms with E-state index in [2.05, 4.69) is 23.8 Å². The summed E-state index contributed by atoms with van der Waals surface area (Å²) in [6, 6.07) is 0.601. The summed E-state index contributed by atoms with van der Waals surface area (Å²) in [6.45, 7) is 6.55. The normalized spacial score (nSPS) is 27.2. The van der Waals surface area contributed by atoms with Crippen molar-refractivity contribution in [3.05, 3.63) is 17.5 Å². The smallest absolute Gasteiger partial charge is 0.0541 e. The number of hydrogen-bond acceptors (Lipinski definition) is 3. The van der Waals surface area contributed by atoms with Gasteiger partial charge in [-0.25, -0.2) is 0 Å². The van der Waals surface area contributed by atoms with Crippen molar-refractivity contribution in [2.75, 3.05) is 13.1 Å². The van der Waals surface area contributed by atoms with Crippen LogP contribution in [-0.2, 0) is 7.05 Å². The van der Waals surface area contributed by atoms with Crippen LogP contribution in [0.5, 0.6) is 0 Å². The molecular formula is C12H22N4. The second-order valence-electron chi connectivity index (χ2n) is 4.69. The number of piperidine rings is 1. The summed E-state index contributed by atoms with van der Waals surface area (Å²) in [7, 11) is 1.99. The molecule has 0 bridgehead atoms. The maximum Gasteiger partial charge on any atom is 0.0541 e. The molecular weight excluding hydrogens is 200 g/mol. The predicted octanol–water partition coefficient (Wildman–Crippen LogP) is 1.21. The molecule has 2 heterocycles. The number of rotatable bonds is 2. The van der Waals surface area contributed by atoms with Gasteiger partial charge in [-0.1, -0.05) is 6.92 Å². The third-order valence-electron chi connectivity index (χ3n) is 3.78. The minimum Gasteiger partial charge on any atom is -0.326 e. The average Bonchev–Trinajstić information content (AvgIpc) is 2.60. The Morgan fingerprint density at radius 2 is 2.31 bits per heavy atom. The number of aryl methyl sites for hydroxylation is 1. The summed E-state index contributed by atoms with van der Waals surface area (Å²) in [5, 5.41) is 4.33. The Morgan fingerprint density at radius 1 is 1.56 bits per heavy atom. The molecule has 0 radical (unpaired) electrons. The van der Waals surface area contributed by atoms with Crippen LogP contribution in [0, 0.1) is 6.92 Å². The summed E-state index contributed by atoms with van der Waals surface area (Å²) in [5.74, 6) is 0. The van der Waals surface area contributed by atoms with E-state index in [0.717, 1.165) is 19.5 Å². The molecule has 2 atom stereocenters. The van der Waals surface area contributed by atoms with Crippen molar-refractivity contribution >= 4 is 0 Å². The number of nitrogens with two attached hydrogens (primary N) is 1. The van der Waals surface area contributed by atoms with Crippen LogP contribution in [0.25, 0.3) is 0 Å². The third-order valence-corrected chi connectivity index (χ3v) is 3.78. The number of nitrogens with zero attached hydrogens (tertiary/aromatic N) is 3. The van der Waals surface area contributed by atoms with E-state index in [1.54, 1.807) is 0 Å². The Balaban J connectivity index is 2.31. The van der Waals surface area contributed by atoms with Gasteiger partial charge in [-0.2, -0.15) is 5.10 Å². The summed E-state index contributed by atoms with van der Waals surface area (Å²) >= 11 is 0. The first-order valence-corrected chi connectivity index (χ1v) is 6.13. The summed E-state index contributed by atoms with van der Waals surface area (Å²) in [5.41, 5.74) is 8.82. The van der Waals surface area contributed by atoms with Gasteiger partial charge in [0.05, 0.1) is 12.2 Å². The molecule has 16 heavy (non-hydrogen) atoms. The minimum absolute atomic E-state index is 0.247. The van der Waals surface area contributed by atoms with Gasteiger partial charge in [0.25, 0.3) is 0 Å². The monoisotopic (exact) mass is 222 g/mol. The van der Waals surface area contributed by atoms with Crippen LogP contribution in [0.4, 0.5) is 0 Å². The highest BCUT2D eigenvalue weighted by molar-refractivity contribution is 5.23. The molecule has 0 aromatic carbocycles. The van der Waals surface area contributed by atoms with E-state index in [9.17, 15) is 0 Å². The van der Waals surface area contributed by atoms with Gasteiger partial charge in [-0.05, 0) is 32.9 Å². The maximum atomic E-state index is 6.28. The van der Waals surface area contributed by atoms with Crippen LogP contribution in [0.1, 0.15) is 37.1 Å². The van der Waals surface area contributed by atoms with E-state index >= 15 is 0 Å². The Kier molecular flexibility index (Phi) is 3.30. The Labute approximate surface area is 97.4 Å². The molecule has 2 unspecified atom stereocenters. The van der Waals surface area contributed by atoms with E-state index in [-0.39, 0.29) is 6.04 Å². The topological polar surface area (TPSA) is 47.1 Å². The zero-order valence-electron chi connectivity index (χ0n) is 10.5. The minimum atomic E-state index is 0.247. The van der Waals surface area contributed by atoms with Gasteiger partial charge in [-0.3, -0.25) is 9.58 Å². The molecule has 4 nitrogen and oxygen atoms in total. The van der Waals surface area contributed by atoms with E-state index in [1.807, 2.05) is 17.9 Å². The van der Waals surface area contributed by atoms with E-state index in [0.29, 0.717) is 6.04 Å². The molecule has 2 N–H and O–H groups in total. The molecule has 0 amide bonds. The van der Waals surface area contributed by atoms with Crippen molar-refractivity contribution in [3.63, 3.8) is 0 Å². The lowest BCUT2D eigenvalue weighted by Crippen LogP contribution is -2.45. The quantitative estimate of drug-likeness (QED) is 0.818. The second kappa shape index (κ2) is 4.55. The maximum absolute atomic E-state index is 6.28. The van der Waals surface area contributed by atoms with Crippen LogP contribution >= 0.6 is 0 Å². The standard InChI is InChI=1S/C12H22N4/c1-4-16-7-5-6-11(13)12(16)10-8-14-15(3)9(10)2/h8,11-12H,4-7,13H2,1-3H3. The number of likely N-dealkylation sites (tertiary alicyclic amines) is 1. The lowest BCUT2D eigenvalue weighted by molar-refractivity contribution is 0.135. The number of hydrogen-bond donors (Lipinski definition) is 1. The molecule has 2 rings (SSSR count). The van der Waals surface area contributed by atoms with E-state index in [1.165, 1.54) is 17.7 Å². The zero-order valence-corrected chi connectivity index (χ0v) is 10.5. The van der Waals surface area contributed by atoms with Crippen LogP contribution in [0.15, 0.2) is 6.20 Å². The Hall–Kier alpha value is -0.870. The van der Waals surface area contributed by atoms with Gasteiger partial charge in [-0.15, -0.1) is 0 Å². The molecule has 90 valence electrons. The summed E-state index contributed by atoms with van der Waals surface area (Å²) < 4.78 is 1.94. The van der Waals surface area contributed by atoms with Gasteiger partial charge in [0.1, 0.15) is 0 Å². The molecule has 4 heteroatoms. The number of aromatic nitrogens is 2. The lowest BCUT2D eigenvalue weighted by atomic mass is 9.91. The van der Waals surface area contributed by atoms with Crippen molar-refractivity contribution in [2.24, 2.45) is 12.8 Å². The SMILES string of the molecule is CCN1CCCC(N)C1c1cnn(C)c1C. The van der Waals surface area contributed by atoms with Crippen LogP contribution in [0.3, 0.4) is 0 Å². The highest BCUT2D eigenvalue weighted by Gasteiger charge is 2.31. The highest BCUT2D eigenvalue weighted by atomic mass is 15.3. The van der Waals surface area contributed by atoms with Gasteiger partial charge >= 0.3 is 0 Å². The van der Waals surface area contributed by atoms with Crippen molar-refractivity contribution in [1.82, 2.24) is 14.7 Å². The Bertz CT molecular complexity index is 358. The fourth-order valence-corrected chi connectivity index (χ4v) is 2.69. The van der Waals surface area contributed by atoms with E-state index < -0.39 is 0 Å². The van der Waals surface area contributed by atoms with Gasteiger partial charge in [0.2, 0.25) is 0 Å². The summed E-state index contributed by atoms with van der Waals surface area (Å²) in [4.78, 5) is 2.47. The second-order valence-corrected chi connectivity index (χ2v) is 4.69. The van der Waals surface area contributed by atoms with Crippen molar-refractivity contribution < 1.29 is 0 Å². The fourth-order valence-electron chi connectivity index (χ4n) is 2.69. The molecule has 1 aliphatic heterocycles. The fraction of sp³-hybridized carbons (Fsp3) is 0.750. The van der Waals surface area contributed by atoms with Crippen molar-refractivity contribution in [2.45, 2.75) is 38.8 Å². The van der Waals surface area contributed by atoms with Crippen LogP contribution < -0.4 is 5.73 Å². The molecule has 1 aromatic heterocycles. The van der Waals surface area contributed by atoms with Crippen LogP contribution in [-0.4, -0.2) is 33.8 Å². The van der Waals surface area contributed by atoms with Crippen LogP contribution in [0.2, 0.25) is 0 Å². The van der Waals surface area contributed by atoms with Gasteiger partial charge < -0.3 is 5.73 Å². The van der Waals surface area contributed by atoms with Crippen molar-refractivity contribution in [1.29, 1.82) is 0 Å². The molecule has 0 saturated carbocycles.